The Balaban J connectivity index is 1.71. The highest BCUT2D eigenvalue weighted by molar-refractivity contribution is 7.07. The van der Waals surface area contributed by atoms with E-state index in [1.807, 2.05) is 11.3 Å². The van der Waals surface area contributed by atoms with Gasteiger partial charge in [-0.2, -0.15) is 11.3 Å². The SMILES string of the molecule is CCCNCC1CCCC1CCc1ccsc1. The van der Waals surface area contributed by atoms with E-state index in [1.165, 1.54) is 51.6 Å². The van der Waals surface area contributed by atoms with Crippen LogP contribution in [0.2, 0.25) is 0 Å². The van der Waals surface area contributed by atoms with Crippen LogP contribution >= 0.6 is 11.3 Å². The minimum atomic E-state index is 0.945. The highest BCUT2D eigenvalue weighted by Crippen LogP contribution is 2.34. The Morgan fingerprint density at radius 2 is 2.24 bits per heavy atom. The molecular weight excluding hydrogens is 226 g/mol. The molecule has 0 radical (unpaired) electrons. The molecule has 0 spiro atoms. The first-order valence-corrected chi connectivity index (χ1v) is 8.06. The van der Waals surface area contributed by atoms with Crippen molar-refractivity contribution in [1.82, 2.24) is 5.32 Å². The second-order valence-corrected chi connectivity index (χ2v) is 6.11. The maximum atomic E-state index is 3.60. The van der Waals surface area contributed by atoms with E-state index < -0.39 is 0 Å². The van der Waals surface area contributed by atoms with Crippen LogP contribution < -0.4 is 5.32 Å². The van der Waals surface area contributed by atoms with Gasteiger partial charge in [-0.25, -0.2) is 0 Å². The van der Waals surface area contributed by atoms with Gasteiger partial charge in [-0.05, 0) is 73.0 Å². The van der Waals surface area contributed by atoms with Crippen molar-refractivity contribution in [2.75, 3.05) is 13.1 Å². The lowest BCUT2D eigenvalue weighted by Crippen LogP contribution is -2.26. The summed E-state index contributed by atoms with van der Waals surface area (Å²) in [4.78, 5) is 0. The van der Waals surface area contributed by atoms with Gasteiger partial charge in [-0.1, -0.05) is 19.8 Å². The fraction of sp³-hybridized carbons (Fsp3) is 0.733. The Kier molecular flexibility index (Phi) is 5.53. The summed E-state index contributed by atoms with van der Waals surface area (Å²) in [7, 11) is 0. The molecule has 2 rings (SSSR count). The number of hydrogen-bond acceptors (Lipinski definition) is 2. The molecule has 1 aromatic rings. The van der Waals surface area contributed by atoms with Crippen molar-refractivity contribution in [1.29, 1.82) is 0 Å². The molecule has 1 aliphatic rings. The predicted octanol–water partition coefficient (Wildman–Crippen LogP) is 4.10. The molecule has 2 heteroatoms. The predicted molar refractivity (Wildman–Crippen MR) is 76.6 cm³/mol. The molecule has 0 saturated heterocycles. The normalized spacial score (nSPS) is 24.3. The van der Waals surface area contributed by atoms with Gasteiger partial charge >= 0.3 is 0 Å². The van der Waals surface area contributed by atoms with Crippen molar-refractivity contribution >= 4 is 11.3 Å². The summed E-state index contributed by atoms with van der Waals surface area (Å²) < 4.78 is 0. The second-order valence-electron chi connectivity index (χ2n) is 5.33. The highest BCUT2D eigenvalue weighted by Gasteiger charge is 2.26. The third-order valence-electron chi connectivity index (χ3n) is 4.03. The monoisotopic (exact) mass is 251 g/mol. The van der Waals surface area contributed by atoms with E-state index in [1.54, 1.807) is 5.56 Å². The van der Waals surface area contributed by atoms with E-state index in [0.717, 1.165) is 11.8 Å². The van der Waals surface area contributed by atoms with Crippen LogP contribution in [0.4, 0.5) is 0 Å². The summed E-state index contributed by atoms with van der Waals surface area (Å²) in [6.45, 7) is 4.69. The van der Waals surface area contributed by atoms with Crippen molar-refractivity contribution in [3.05, 3.63) is 22.4 Å². The minimum Gasteiger partial charge on any atom is -0.316 e. The average molecular weight is 251 g/mol. The lowest BCUT2D eigenvalue weighted by Gasteiger charge is -2.19. The molecule has 2 atom stereocenters. The molecule has 1 aliphatic carbocycles. The van der Waals surface area contributed by atoms with Gasteiger partial charge in [0.1, 0.15) is 0 Å². The van der Waals surface area contributed by atoms with Crippen molar-refractivity contribution in [2.24, 2.45) is 11.8 Å². The lowest BCUT2D eigenvalue weighted by atomic mass is 9.90. The summed E-state index contributed by atoms with van der Waals surface area (Å²) in [6, 6.07) is 2.28. The molecule has 1 fully saturated rings. The van der Waals surface area contributed by atoms with Crippen molar-refractivity contribution in [3.63, 3.8) is 0 Å². The van der Waals surface area contributed by atoms with Crippen LogP contribution in [0.15, 0.2) is 16.8 Å². The van der Waals surface area contributed by atoms with E-state index in [2.05, 4.69) is 29.1 Å². The third-order valence-corrected chi connectivity index (χ3v) is 4.77. The number of hydrogen-bond donors (Lipinski definition) is 1. The van der Waals surface area contributed by atoms with E-state index >= 15 is 0 Å². The first-order chi connectivity index (χ1) is 8.40. The van der Waals surface area contributed by atoms with E-state index in [0.29, 0.717) is 0 Å². The Hall–Kier alpha value is -0.340. The quantitative estimate of drug-likeness (QED) is 0.720. The van der Waals surface area contributed by atoms with Crippen LogP contribution in [0.1, 0.15) is 44.6 Å². The van der Waals surface area contributed by atoms with Crippen molar-refractivity contribution in [2.45, 2.75) is 45.4 Å². The molecule has 2 unspecified atom stereocenters. The zero-order chi connectivity index (χ0) is 11.9. The molecule has 17 heavy (non-hydrogen) atoms. The smallest absolute Gasteiger partial charge is 0.00179 e. The molecule has 1 nitrogen and oxygen atoms in total. The molecule has 1 aromatic heterocycles. The lowest BCUT2D eigenvalue weighted by molar-refractivity contribution is 0.348. The van der Waals surface area contributed by atoms with Gasteiger partial charge < -0.3 is 5.32 Å². The number of rotatable bonds is 7. The summed E-state index contributed by atoms with van der Waals surface area (Å²) in [5.41, 5.74) is 1.54. The summed E-state index contributed by atoms with van der Waals surface area (Å²) in [5.74, 6) is 1.92. The third kappa shape index (κ3) is 4.11. The van der Waals surface area contributed by atoms with Gasteiger partial charge in [0.15, 0.2) is 0 Å². The summed E-state index contributed by atoms with van der Waals surface area (Å²) in [6.07, 6.45) is 8.31. The second kappa shape index (κ2) is 7.17. The van der Waals surface area contributed by atoms with Crippen LogP contribution in [0.5, 0.6) is 0 Å². The molecule has 1 N–H and O–H groups in total. The molecular formula is C15H25NS. The Morgan fingerprint density at radius 3 is 3.00 bits per heavy atom. The topological polar surface area (TPSA) is 12.0 Å². The van der Waals surface area contributed by atoms with Crippen molar-refractivity contribution < 1.29 is 0 Å². The van der Waals surface area contributed by atoms with Gasteiger partial charge in [-0.15, -0.1) is 0 Å². The maximum absolute atomic E-state index is 3.60. The summed E-state index contributed by atoms with van der Waals surface area (Å²) >= 11 is 1.83. The zero-order valence-corrected chi connectivity index (χ0v) is 11.8. The van der Waals surface area contributed by atoms with E-state index in [9.17, 15) is 0 Å². The molecule has 96 valence electrons. The number of nitrogens with one attached hydrogen (secondary N) is 1. The molecule has 0 bridgehead atoms. The standard InChI is InChI=1S/C15H25NS/c1-2-9-16-11-15-5-3-4-14(15)7-6-13-8-10-17-12-13/h8,10,12,14-16H,2-7,9,11H2,1H3. The van der Waals surface area contributed by atoms with Gasteiger partial charge in [0.05, 0.1) is 0 Å². The highest BCUT2D eigenvalue weighted by atomic mass is 32.1. The number of aryl methyl sites for hydroxylation is 1. The number of thiophene rings is 1. The first-order valence-electron chi connectivity index (χ1n) is 7.12. The molecule has 0 amide bonds. The van der Waals surface area contributed by atoms with Gasteiger partial charge in [0, 0.05) is 0 Å². The maximum Gasteiger partial charge on any atom is -0.00179 e. The zero-order valence-electron chi connectivity index (χ0n) is 11.0. The molecule has 0 aliphatic heterocycles. The Bertz CT molecular complexity index is 294. The van der Waals surface area contributed by atoms with Crippen molar-refractivity contribution in [3.8, 4) is 0 Å². The molecule has 1 heterocycles. The van der Waals surface area contributed by atoms with Crippen LogP contribution in [0.25, 0.3) is 0 Å². The Morgan fingerprint density at radius 1 is 1.35 bits per heavy atom. The van der Waals surface area contributed by atoms with Gasteiger partial charge in [-0.3, -0.25) is 0 Å². The Labute approximate surface area is 110 Å². The first kappa shape index (κ1) is 13.1. The van der Waals surface area contributed by atoms with Gasteiger partial charge in [0.2, 0.25) is 0 Å². The van der Waals surface area contributed by atoms with Gasteiger partial charge in [0.25, 0.3) is 0 Å². The summed E-state index contributed by atoms with van der Waals surface area (Å²) in [5, 5.41) is 8.11. The van der Waals surface area contributed by atoms with Crippen LogP contribution in [-0.4, -0.2) is 13.1 Å². The fourth-order valence-electron chi connectivity index (χ4n) is 3.01. The fourth-order valence-corrected chi connectivity index (χ4v) is 3.72. The molecule has 0 aromatic carbocycles. The van der Waals surface area contributed by atoms with Crippen LogP contribution in [-0.2, 0) is 6.42 Å². The van der Waals surface area contributed by atoms with Crippen LogP contribution in [0, 0.1) is 11.8 Å². The average Bonchev–Trinajstić information content (AvgIpc) is 2.97. The van der Waals surface area contributed by atoms with Crippen LogP contribution in [0.3, 0.4) is 0 Å². The molecule has 1 saturated carbocycles. The van der Waals surface area contributed by atoms with E-state index in [4.69, 9.17) is 0 Å². The largest absolute Gasteiger partial charge is 0.316 e. The van der Waals surface area contributed by atoms with E-state index in [-0.39, 0.29) is 0 Å². The minimum absolute atomic E-state index is 0.945.